The molecule has 0 spiro atoms. The summed E-state index contributed by atoms with van der Waals surface area (Å²) in [5, 5.41) is 3.63. The minimum absolute atomic E-state index is 0.0131. The topological polar surface area (TPSA) is 42.0 Å². The van der Waals surface area contributed by atoms with Gasteiger partial charge in [0, 0.05) is 11.9 Å². The predicted octanol–water partition coefficient (Wildman–Crippen LogP) is 4.81. The van der Waals surface area contributed by atoms with Crippen molar-refractivity contribution in [3.8, 4) is 0 Å². The van der Waals surface area contributed by atoms with Crippen LogP contribution in [-0.2, 0) is 10.2 Å². The Bertz CT molecular complexity index is 657. The average molecular weight is 328 g/mol. The zero-order valence-corrected chi connectivity index (χ0v) is 15.2. The van der Waals surface area contributed by atoms with Gasteiger partial charge in [0.2, 0.25) is 5.91 Å². The number of anilines is 1. The van der Waals surface area contributed by atoms with Crippen molar-refractivity contribution in [1.29, 1.82) is 0 Å². The zero-order valence-electron chi connectivity index (χ0n) is 14.4. The van der Waals surface area contributed by atoms with Crippen molar-refractivity contribution in [1.82, 2.24) is 4.98 Å². The van der Waals surface area contributed by atoms with Crippen LogP contribution in [0.4, 0.5) is 5.69 Å². The van der Waals surface area contributed by atoms with E-state index < -0.39 is 0 Å². The van der Waals surface area contributed by atoms with Gasteiger partial charge in [-0.2, -0.15) is 0 Å². The van der Waals surface area contributed by atoms with Crippen molar-refractivity contribution in [3.63, 3.8) is 0 Å². The summed E-state index contributed by atoms with van der Waals surface area (Å²) in [5.41, 5.74) is 3.31. The molecule has 1 amide bonds. The molecule has 1 N–H and O–H groups in total. The van der Waals surface area contributed by atoms with Crippen LogP contribution in [0.5, 0.6) is 0 Å². The van der Waals surface area contributed by atoms with Crippen molar-refractivity contribution < 1.29 is 4.79 Å². The maximum absolute atomic E-state index is 12.3. The smallest absolute Gasteiger partial charge is 0.237 e. The second kappa shape index (κ2) is 7.18. The van der Waals surface area contributed by atoms with Crippen LogP contribution in [0, 0.1) is 6.92 Å². The molecule has 0 aliphatic carbocycles. The highest BCUT2D eigenvalue weighted by molar-refractivity contribution is 8.00. The Kier molecular flexibility index (Phi) is 5.47. The molecule has 3 nitrogen and oxygen atoms in total. The molecule has 0 radical (unpaired) electrons. The molecule has 0 aliphatic heterocycles. The SMILES string of the molecule is Cc1ccc(SC(C)C(=O)Nc2ccc(C(C)(C)C)cc2)nc1. The second-order valence-corrected chi connectivity index (χ2v) is 8.11. The lowest BCUT2D eigenvalue weighted by molar-refractivity contribution is -0.115. The number of thioether (sulfide) groups is 1. The fraction of sp³-hybridized carbons (Fsp3) is 0.368. The summed E-state index contributed by atoms with van der Waals surface area (Å²) in [6, 6.07) is 12.0. The zero-order chi connectivity index (χ0) is 17.0. The summed E-state index contributed by atoms with van der Waals surface area (Å²) in [4.78, 5) is 16.6. The quantitative estimate of drug-likeness (QED) is 0.819. The highest BCUT2D eigenvalue weighted by Gasteiger charge is 2.16. The van der Waals surface area contributed by atoms with Crippen molar-refractivity contribution in [2.45, 2.75) is 50.3 Å². The van der Waals surface area contributed by atoms with E-state index in [0.717, 1.165) is 16.3 Å². The summed E-state index contributed by atoms with van der Waals surface area (Å²) < 4.78 is 0. The number of hydrogen-bond acceptors (Lipinski definition) is 3. The number of rotatable bonds is 4. The Morgan fingerprint density at radius 1 is 1.13 bits per heavy atom. The first kappa shape index (κ1) is 17.5. The van der Waals surface area contributed by atoms with E-state index in [1.807, 2.05) is 44.3 Å². The van der Waals surface area contributed by atoms with Gasteiger partial charge in [-0.15, -0.1) is 0 Å². The number of amides is 1. The molecular weight excluding hydrogens is 304 g/mol. The number of carbonyl (C=O) groups is 1. The molecule has 1 unspecified atom stereocenters. The Balaban J connectivity index is 1.96. The number of hydrogen-bond donors (Lipinski definition) is 1. The molecule has 0 saturated heterocycles. The van der Waals surface area contributed by atoms with Gasteiger partial charge in [-0.3, -0.25) is 4.79 Å². The summed E-state index contributed by atoms with van der Waals surface area (Å²) in [5.74, 6) is -0.0131. The summed E-state index contributed by atoms with van der Waals surface area (Å²) in [6.45, 7) is 10.4. The molecule has 0 aliphatic rings. The third kappa shape index (κ3) is 5.10. The van der Waals surface area contributed by atoms with Crippen molar-refractivity contribution in [2.75, 3.05) is 5.32 Å². The maximum atomic E-state index is 12.3. The summed E-state index contributed by atoms with van der Waals surface area (Å²) in [7, 11) is 0. The van der Waals surface area contributed by atoms with Gasteiger partial charge in [0.15, 0.2) is 0 Å². The number of aryl methyl sites for hydroxylation is 1. The number of nitrogens with one attached hydrogen (secondary N) is 1. The van der Waals surface area contributed by atoms with Crippen LogP contribution in [0.2, 0.25) is 0 Å². The van der Waals surface area contributed by atoms with E-state index in [4.69, 9.17) is 0 Å². The maximum Gasteiger partial charge on any atom is 0.237 e. The Morgan fingerprint density at radius 3 is 2.30 bits per heavy atom. The minimum atomic E-state index is -0.201. The molecule has 2 aromatic rings. The van der Waals surface area contributed by atoms with Gasteiger partial charge in [0.1, 0.15) is 0 Å². The Hall–Kier alpha value is -1.81. The van der Waals surface area contributed by atoms with E-state index in [2.05, 4.69) is 43.2 Å². The van der Waals surface area contributed by atoms with Crippen LogP contribution in [0.3, 0.4) is 0 Å². The van der Waals surface area contributed by atoms with Gasteiger partial charge in [0.25, 0.3) is 0 Å². The predicted molar refractivity (Wildman–Crippen MR) is 98.1 cm³/mol. The number of benzene rings is 1. The normalized spacial score (nSPS) is 12.7. The molecule has 0 bridgehead atoms. The first-order valence-electron chi connectivity index (χ1n) is 7.76. The molecule has 2 rings (SSSR count). The van der Waals surface area contributed by atoms with E-state index in [1.54, 1.807) is 0 Å². The highest BCUT2D eigenvalue weighted by atomic mass is 32.2. The average Bonchev–Trinajstić information content (AvgIpc) is 2.49. The minimum Gasteiger partial charge on any atom is -0.325 e. The Labute approximate surface area is 142 Å². The highest BCUT2D eigenvalue weighted by Crippen LogP contribution is 2.25. The first-order valence-corrected chi connectivity index (χ1v) is 8.64. The lowest BCUT2D eigenvalue weighted by atomic mass is 9.87. The van der Waals surface area contributed by atoms with E-state index >= 15 is 0 Å². The number of carbonyl (C=O) groups excluding carboxylic acids is 1. The fourth-order valence-electron chi connectivity index (χ4n) is 2.06. The van der Waals surface area contributed by atoms with Gasteiger partial charge in [-0.05, 0) is 48.6 Å². The largest absolute Gasteiger partial charge is 0.325 e. The van der Waals surface area contributed by atoms with E-state index in [1.165, 1.54) is 17.3 Å². The number of pyridine rings is 1. The molecular formula is C19H24N2OS. The van der Waals surface area contributed by atoms with Gasteiger partial charge in [0.05, 0.1) is 10.3 Å². The first-order chi connectivity index (χ1) is 10.8. The van der Waals surface area contributed by atoms with E-state index in [9.17, 15) is 4.79 Å². The van der Waals surface area contributed by atoms with Crippen molar-refractivity contribution in [3.05, 3.63) is 53.7 Å². The third-order valence-corrected chi connectivity index (χ3v) is 4.62. The summed E-state index contributed by atoms with van der Waals surface area (Å²) in [6.07, 6.45) is 1.82. The standard InChI is InChI=1S/C19H24N2OS/c1-13-6-11-17(20-12-13)23-14(2)18(22)21-16-9-7-15(8-10-16)19(3,4)5/h6-12,14H,1-5H3,(H,21,22). The van der Waals surface area contributed by atoms with Gasteiger partial charge in [-0.1, -0.05) is 50.7 Å². The molecule has 1 aromatic heterocycles. The number of nitrogens with zero attached hydrogens (tertiary/aromatic N) is 1. The van der Waals surface area contributed by atoms with Crippen molar-refractivity contribution in [2.24, 2.45) is 0 Å². The van der Waals surface area contributed by atoms with E-state index in [0.29, 0.717) is 0 Å². The van der Waals surface area contributed by atoms with Gasteiger partial charge < -0.3 is 5.32 Å². The van der Waals surface area contributed by atoms with Crippen LogP contribution in [0.15, 0.2) is 47.6 Å². The van der Waals surface area contributed by atoms with Crippen LogP contribution in [0.25, 0.3) is 0 Å². The molecule has 1 heterocycles. The molecule has 1 atom stereocenters. The molecule has 0 fully saturated rings. The van der Waals surface area contributed by atoms with Crippen LogP contribution < -0.4 is 5.32 Å². The van der Waals surface area contributed by atoms with Gasteiger partial charge in [-0.25, -0.2) is 4.98 Å². The molecule has 1 aromatic carbocycles. The van der Waals surface area contributed by atoms with Crippen LogP contribution in [0.1, 0.15) is 38.8 Å². The summed E-state index contributed by atoms with van der Waals surface area (Å²) >= 11 is 1.46. The van der Waals surface area contributed by atoms with Gasteiger partial charge >= 0.3 is 0 Å². The molecule has 23 heavy (non-hydrogen) atoms. The third-order valence-electron chi connectivity index (χ3n) is 3.57. The van der Waals surface area contributed by atoms with Crippen LogP contribution >= 0.6 is 11.8 Å². The molecule has 0 saturated carbocycles. The lowest BCUT2D eigenvalue weighted by Gasteiger charge is -2.19. The second-order valence-electron chi connectivity index (χ2n) is 6.75. The van der Waals surface area contributed by atoms with Crippen molar-refractivity contribution >= 4 is 23.4 Å². The Morgan fingerprint density at radius 2 is 1.78 bits per heavy atom. The van der Waals surface area contributed by atoms with Crippen LogP contribution in [-0.4, -0.2) is 16.1 Å². The molecule has 4 heteroatoms. The lowest BCUT2D eigenvalue weighted by Crippen LogP contribution is -2.22. The number of aromatic nitrogens is 1. The fourth-order valence-corrected chi connectivity index (χ4v) is 2.84. The molecule has 122 valence electrons. The monoisotopic (exact) mass is 328 g/mol. The van der Waals surface area contributed by atoms with E-state index in [-0.39, 0.29) is 16.6 Å².